The molecule has 9 aromatic carbocycles. The van der Waals surface area contributed by atoms with Crippen molar-refractivity contribution in [2.45, 2.75) is 139 Å². The normalized spacial score (nSPS) is 17.4. The quantitative estimate of drug-likeness (QED) is 0.0536. The van der Waals surface area contributed by atoms with E-state index in [1.807, 2.05) is 103 Å². The SMILES string of the molecule is C=C(c1sc2ccccc2c1Cl)N(Cc1cc(-c2ccc(OC)cc2)ccc1OC)C1CCC(NC)CC1.C=C(c1sc2ccccc2c1Cl)N(Cc1cc(-c2cccc(C#N)c2)ccc1OC)C1CCC(NC)CC1.CNC1CCC(N(Cc2cc(-c3ccc(C(F)(F)F)cc3)ccc2OC)C(=O)c2sc3ccccc3c2Cl)CC1. The zero-order valence-corrected chi connectivity index (χ0v) is 71.1. The van der Waals surface area contributed by atoms with E-state index in [2.05, 4.69) is 138 Å². The summed E-state index contributed by atoms with van der Waals surface area (Å²) in [4.78, 5) is 23.6. The lowest BCUT2D eigenvalue weighted by molar-refractivity contribution is -0.137. The average Bonchev–Trinajstić information content (AvgIpc) is 1.61. The second-order valence-corrected chi connectivity index (χ2v) is 34.1. The van der Waals surface area contributed by atoms with Crippen LogP contribution in [0.5, 0.6) is 23.0 Å². The Labute approximate surface area is 706 Å². The third-order valence-corrected chi connectivity index (χ3v) is 28.2. The van der Waals surface area contributed by atoms with E-state index < -0.39 is 11.7 Å². The van der Waals surface area contributed by atoms with Crippen LogP contribution in [0.15, 0.2) is 213 Å². The van der Waals surface area contributed by atoms with Crippen molar-refractivity contribution in [1.82, 2.24) is 30.7 Å². The van der Waals surface area contributed by atoms with Gasteiger partial charge >= 0.3 is 6.18 Å². The molecule has 15 rings (SSSR count). The number of fused-ring (bicyclic) bond motifs is 3. The predicted molar refractivity (Wildman–Crippen MR) is 476 cm³/mol. The van der Waals surface area contributed by atoms with E-state index in [9.17, 15) is 23.2 Å². The van der Waals surface area contributed by atoms with E-state index >= 15 is 0 Å². The van der Waals surface area contributed by atoms with Crippen molar-refractivity contribution >= 4 is 116 Å². The van der Waals surface area contributed by atoms with Crippen LogP contribution in [-0.4, -0.2) is 106 Å². The van der Waals surface area contributed by atoms with Gasteiger partial charge in [0.25, 0.3) is 5.91 Å². The molecule has 1 amide bonds. The molecule has 116 heavy (non-hydrogen) atoms. The summed E-state index contributed by atoms with van der Waals surface area (Å²) < 4.78 is 65.3. The van der Waals surface area contributed by atoms with Gasteiger partial charge in [-0.3, -0.25) is 4.79 Å². The number of carbonyl (C=O) groups excluding carboxylic acids is 1. The molecule has 12 aromatic rings. The van der Waals surface area contributed by atoms with E-state index in [4.69, 9.17) is 53.8 Å². The van der Waals surface area contributed by atoms with E-state index in [0.29, 0.717) is 70.1 Å². The Hall–Kier alpha value is -9.36. The number of methoxy groups -OCH3 is 4. The van der Waals surface area contributed by atoms with Crippen LogP contribution < -0.4 is 34.9 Å². The van der Waals surface area contributed by atoms with Gasteiger partial charge in [-0.15, -0.1) is 34.0 Å². The lowest BCUT2D eigenvalue weighted by Gasteiger charge is -2.39. The summed E-state index contributed by atoms with van der Waals surface area (Å²) >= 11 is 25.5. The van der Waals surface area contributed by atoms with E-state index in [1.54, 1.807) is 57.2 Å². The number of thiophene rings is 3. The van der Waals surface area contributed by atoms with Crippen molar-refractivity contribution in [2.24, 2.45) is 0 Å². The Balaban J connectivity index is 0.000000151. The summed E-state index contributed by atoms with van der Waals surface area (Å²) in [6.07, 6.45) is 8.13. The van der Waals surface area contributed by atoms with Gasteiger partial charge in [0, 0.05) is 114 Å². The summed E-state index contributed by atoms with van der Waals surface area (Å²) in [7, 11) is 12.8. The molecular weight excluding hydrogens is 1580 g/mol. The highest BCUT2D eigenvalue weighted by Gasteiger charge is 2.36. The molecule has 0 atom stereocenters. The fraction of sp³-hybridized carbons (Fsp3) is 0.305. The predicted octanol–water partition coefficient (Wildman–Crippen LogP) is 24.8. The van der Waals surface area contributed by atoms with Crippen LogP contribution in [0.3, 0.4) is 0 Å². The highest BCUT2D eigenvalue weighted by molar-refractivity contribution is 7.22. The second kappa shape index (κ2) is 38.8. The summed E-state index contributed by atoms with van der Waals surface area (Å²) in [6, 6.07) is 68.1. The Bertz CT molecular complexity index is 5470. The number of benzene rings is 9. The highest BCUT2D eigenvalue weighted by atomic mass is 35.5. The van der Waals surface area contributed by atoms with Gasteiger partial charge in [0.2, 0.25) is 0 Å². The maximum atomic E-state index is 14.2. The molecule has 21 heteroatoms. The number of carbonyl (C=O) groups is 1. The van der Waals surface area contributed by atoms with Crippen molar-refractivity contribution < 1.29 is 36.9 Å². The van der Waals surface area contributed by atoms with Gasteiger partial charge < -0.3 is 49.6 Å². The molecule has 602 valence electrons. The van der Waals surface area contributed by atoms with Crippen LogP contribution in [0.2, 0.25) is 15.1 Å². The van der Waals surface area contributed by atoms with Crippen molar-refractivity contribution in [3.05, 3.63) is 271 Å². The topological polar surface area (TPSA) is 124 Å². The zero-order chi connectivity index (χ0) is 81.7. The Morgan fingerprint density at radius 2 is 0.767 bits per heavy atom. The third-order valence-electron chi connectivity index (χ3n) is 23.1. The van der Waals surface area contributed by atoms with Crippen molar-refractivity contribution in [3.8, 4) is 62.4 Å². The molecule has 3 heterocycles. The van der Waals surface area contributed by atoms with E-state index in [1.165, 1.54) is 32.9 Å². The molecule has 3 fully saturated rings. The van der Waals surface area contributed by atoms with Gasteiger partial charge in [0.1, 0.15) is 27.9 Å². The standard InChI is InChI=1S/C32H32ClN3OS.C32H35ClN2O2S.C31H30ClF3N2O2S/c1-21(32-31(33)28-9-4-5-10-30(28)38-32)36(27-14-12-26(35-2)13-15-27)20-25-18-24(11-16-29(25)37-3)23-8-6-7-22(17-23)19-34;1-21(32-31(33)28-7-5-6-8-30(28)38-32)35(26-14-12-25(34-2)13-15-26)20-24-19-23(11-18-29(24)37-4)22-9-16-27(36-3)17-10-22;1-36-23-12-14-24(15-13-23)37(30(38)29-28(32)25-5-3-4-6-27(25)40-29)18-21-17-20(9-16-26(21)39-2)19-7-10-22(11-8-19)31(33,34)35/h4-11,16-18,26-27,35H,1,12-15,20H2,2-3H3;5-11,16-19,25-26,34H,1,12-15,20H2,2-4H3;3-11,16-17,23-24,36H,12-15,18H2,1-2H3. The largest absolute Gasteiger partial charge is 0.497 e. The first-order chi connectivity index (χ1) is 56.2. The first kappa shape index (κ1) is 84.6. The van der Waals surface area contributed by atoms with Gasteiger partial charge in [-0.05, 0) is 223 Å². The minimum Gasteiger partial charge on any atom is -0.497 e. The Morgan fingerprint density at radius 1 is 0.431 bits per heavy atom. The van der Waals surface area contributed by atoms with Gasteiger partial charge in [0.15, 0.2) is 0 Å². The monoisotopic (exact) mass is 1670 g/mol. The van der Waals surface area contributed by atoms with Crippen molar-refractivity contribution in [1.29, 1.82) is 5.26 Å². The van der Waals surface area contributed by atoms with Crippen LogP contribution >= 0.6 is 68.8 Å². The number of halogens is 6. The number of amides is 1. The van der Waals surface area contributed by atoms with E-state index in [-0.39, 0.29) is 18.5 Å². The van der Waals surface area contributed by atoms with Crippen LogP contribution in [0, 0.1) is 11.3 Å². The van der Waals surface area contributed by atoms with Gasteiger partial charge in [-0.1, -0.05) is 157 Å². The highest BCUT2D eigenvalue weighted by Crippen LogP contribution is 2.47. The summed E-state index contributed by atoms with van der Waals surface area (Å²) in [5.74, 6) is 3.06. The maximum absolute atomic E-state index is 14.2. The fourth-order valence-corrected chi connectivity index (χ4v) is 20.9. The number of hydrogen-bond acceptors (Lipinski definition) is 14. The number of nitrogens with one attached hydrogen (secondary N) is 3. The van der Waals surface area contributed by atoms with Gasteiger partial charge in [-0.25, -0.2) is 0 Å². The Kier molecular flexibility index (Phi) is 28.3. The molecular formula is C95H97Cl3F3N7O5S3. The molecule has 0 aliphatic heterocycles. The zero-order valence-electron chi connectivity index (χ0n) is 66.4. The number of nitrogens with zero attached hydrogens (tertiary/aromatic N) is 4. The average molecular weight is 1680 g/mol. The van der Waals surface area contributed by atoms with Gasteiger partial charge in [0.05, 0.1) is 70.5 Å². The van der Waals surface area contributed by atoms with Crippen LogP contribution in [-0.2, 0) is 25.8 Å². The number of ether oxygens (including phenoxy) is 4. The first-order valence-electron chi connectivity index (χ1n) is 39.3. The number of alkyl halides is 3. The van der Waals surface area contributed by atoms with Crippen LogP contribution in [0.25, 0.3) is 75.0 Å². The summed E-state index contributed by atoms with van der Waals surface area (Å²) in [6.45, 7) is 10.9. The summed E-state index contributed by atoms with van der Waals surface area (Å²) in [5.41, 5.74) is 10.7. The maximum Gasteiger partial charge on any atom is 0.416 e. The van der Waals surface area contributed by atoms with Crippen molar-refractivity contribution in [2.75, 3.05) is 49.6 Å². The molecule has 3 N–H and O–H groups in total. The molecule has 3 aromatic heterocycles. The lowest BCUT2D eigenvalue weighted by Crippen LogP contribution is -2.44. The molecule has 12 nitrogen and oxygen atoms in total. The van der Waals surface area contributed by atoms with Crippen LogP contribution in [0.1, 0.15) is 124 Å². The molecule has 3 saturated carbocycles. The number of hydrogen-bond donors (Lipinski definition) is 3. The second-order valence-electron chi connectivity index (χ2n) is 29.8. The lowest BCUT2D eigenvalue weighted by atomic mass is 9.89. The number of nitriles is 1. The fourth-order valence-electron chi connectivity index (χ4n) is 16.4. The summed E-state index contributed by atoms with van der Waals surface area (Å²) in [5, 5.41) is 24.7. The first-order valence-corrected chi connectivity index (χ1v) is 42.9. The third kappa shape index (κ3) is 19.4. The number of rotatable bonds is 24. The smallest absolute Gasteiger partial charge is 0.416 e. The van der Waals surface area contributed by atoms with Crippen LogP contribution in [0.4, 0.5) is 13.2 Å². The molecule has 3 aliphatic carbocycles. The minimum absolute atomic E-state index is 0.0119. The molecule has 0 saturated heterocycles. The van der Waals surface area contributed by atoms with Gasteiger partial charge in [-0.2, -0.15) is 18.4 Å². The minimum atomic E-state index is -4.40. The molecule has 0 spiro atoms. The van der Waals surface area contributed by atoms with Crippen molar-refractivity contribution in [3.63, 3.8) is 0 Å². The molecule has 0 radical (unpaired) electrons. The molecule has 3 aliphatic rings. The Morgan fingerprint density at radius 3 is 1.13 bits per heavy atom. The molecule has 0 bridgehead atoms. The van der Waals surface area contributed by atoms with E-state index in [0.717, 1.165) is 203 Å². The molecule has 0 unspecified atom stereocenters.